The van der Waals surface area contributed by atoms with Crippen molar-refractivity contribution in [1.82, 2.24) is 5.32 Å². The van der Waals surface area contributed by atoms with Crippen LogP contribution in [0.25, 0.3) is 0 Å². The number of carbonyl (C=O) groups is 1. The van der Waals surface area contributed by atoms with Crippen molar-refractivity contribution in [3.05, 3.63) is 71.3 Å². The van der Waals surface area contributed by atoms with Crippen LogP contribution in [-0.4, -0.2) is 18.1 Å². The van der Waals surface area contributed by atoms with Gasteiger partial charge < -0.3 is 11.1 Å². The Morgan fingerprint density at radius 1 is 1.00 bits per heavy atom. The number of nitrogens with one attached hydrogen (secondary N) is 1. The molecule has 136 valence electrons. The van der Waals surface area contributed by atoms with Crippen LogP contribution in [0.4, 0.5) is 13.2 Å². The van der Waals surface area contributed by atoms with Gasteiger partial charge in [-0.15, -0.1) is 12.4 Å². The van der Waals surface area contributed by atoms with Gasteiger partial charge in [-0.05, 0) is 36.1 Å². The van der Waals surface area contributed by atoms with Gasteiger partial charge in [0.1, 0.15) is 6.04 Å². The van der Waals surface area contributed by atoms with Crippen LogP contribution in [0.5, 0.6) is 0 Å². The van der Waals surface area contributed by atoms with E-state index >= 15 is 0 Å². The molecule has 2 rings (SSSR count). The normalized spacial score (nSPS) is 12.2. The molecule has 2 aromatic rings. The second-order valence-corrected chi connectivity index (χ2v) is 5.49. The molecule has 3 nitrogen and oxygen atoms in total. The summed E-state index contributed by atoms with van der Waals surface area (Å²) in [5.41, 5.74) is 7.25. The maximum Gasteiger partial charge on any atom is 0.408 e. The number of hydrogen-bond acceptors (Lipinski definition) is 2. The molecule has 0 aliphatic carbocycles. The zero-order valence-electron chi connectivity index (χ0n) is 13.4. The summed E-state index contributed by atoms with van der Waals surface area (Å²) in [6.07, 6.45) is -4.47. The highest BCUT2D eigenvalue weighted by molar-refractivity contribution is 5.94. The van der Waals surface area contributed by atoms with Crippen LogP contribution in [0, 0.1) is 0 Å². The number of aryl methyl sites for hydroxylation is 1. The summed E-state index contributed by atoms with van der Waals surface area (Å²) >= 11 is 0. The Balaban J connectivity index is 0.00000312. The average Bonchev–Trinajstić information content (AvgIpc) is 2.58. The molecule has 25 heavy (non-hydrogen) atoms. The van der Waals surface area contributed by atoms with Gasteiger partial charge in [0.05, 0.1) is 0 Å². The minimum absolute atomic E-state index is 0. The molecule has 1 unspecified atom stereocenters. The summed E-state index contributed by atoms with van der Waals surface area (Å²) in [5, 5.41) is 2.09. The van der Waals surface area contributed by atoms with Crippen molar-refractivity contribution in [2.24, 2.45) is 5.73 Å². The Morgan fingerprint density at radius 3 is 2.12 bits per heavy atom. The number of hydrogen-bond donors (Lipinski definition) is 2. The lowest BCUT2D eigenvalue weighted by Crippen LogP contribution is -2.45. The average molecular weight is 373 g/mol. The first-order valence-corrected chi connectivity index (χ1v) is 7.60. The van der Waals surface area contributed by atoms with Crippen molar-refractivity contribution in [3.63, 3.8) is 0 Å². The molecule has 0 aliphatic heterocycles. The van der Waals surface area contributed by atoms with E-state index < -0.39 is 18.1 Å². The zero-order chi connectivity index (χ0) is 17.6. The predicted octanol–water partition coefficient (Wildman–Crippen LogP) is 3.86. The smallest absolute Gasteiger partial charge is 0.340 e. The Morgan fingerprint density at radius 2 is 1.60 bits per heavy atom. The number of nitrogens with two attached hydrogens (primary N) is 1. The number of benzene rings is 2. The molecule has 0 saturated heterocycles. The lowest BCUT2D eigenvalue weighted by molar-refractivity contribution is -0.154. The van der Waals surface area contributed by atoms with E-state index in [0.717, 1.165) is 11.1 Å². The van der Waals surface area contributed by atoms with Crippen molar-refractivity contribution in [1.29, 1.82) is 0 Å². The highest BCUT2D eigenvalue weighted by Gasteiger charge is 2.40. The molecule has 0 saturated carbocycles. The van der Waals surface area contributed by atoms with E-state index in [9.17, 15) is 18.0 Å². The van der Waals surface area contributed by atoms with Gasteiger partial charge in [-0.3, -0.25) is 4.79 Å². The van der Waals surface area contributed by atoms with E-state index in [2.05, 4.69) is 5.32 Å². The topological polar surface area (TPSA) is 55.1 Å². The van der Waals surface area contributed by atoms with Gasteiger partial charge in [-0.2, -0.15) is 13.2 Å². The van der Waals surface area contributed by atoms with Gasteiger partial charge in [0.15, 0.2) is 0 Å². The molecular formula is C18H20ClF3N2O. The van der Waals surface area contributed by atoms with Crippen LogP contribution >= 0.6 is 12.4 Å². The monoisotopic (exact) mass is 372 g/mol. The number of amides is 1. The molecular weight excluding hydrogens is 353 g/mol. The van der Waals surface area contributed by atoms with Gasteiger partial charge >= 0.3 is 6.18 Å². The Kier molecular flexibility index (Phi) is 7.93. The van der Waals surface area contributed by atoms with Gasteiger partial charge in [0.25, 0.3) is 5.91 Å². The minimum Gasteiger partial charge on any atom is -0.340 e. The summed E-state index contributed by atoms with van der Waals surface area (Å²) in [7, 11) is 0. The van der Waals surface area contributed by atoms with E-state index in [1.807, 2.05) is 0 Å². The summed E-state index contributed by atoms with van der Waals surface area (Å²) in [6, 6.07) is 13.2. The highest BCUT2D eigenvalue weighted by atomic mass is 35.5. The second kappa shape index (κ2) is 9.44. The van der Waals surface area contributed by atoms with E-state index in [1.54, 1.807) is 42.5 Å². The van der Waals surface area contributed by atoms with Crippen LogP contribution < -0.4 is 11.1 Å². The fourth-order valence-corrected chi connectivity index (χ4v) is 2.31. The molecule has 0 heterocycles. The number of rotatable bonds is 6. The van der Waals surface area contributed by atoms with E-state index in [0.29, 0.717) is 6.54 Å². The first-order valence-electron chi connectivity index (χ1n) is 7.60. The quantitative estimate of drug-likeness (QED) is 0.809. The molecule has 3 N–H and O–H groups in total. The molecule has 0 aromatic heterocycles. The summed E-state index contributed by atoms with van der Waals surface area (Å²) in [6.45, 7) is 0.310. The highest BCUT2D eigenvalue weighted by Crippen LogP contribution is 2.24. The molecule has 0 spiro atoms. The van der Waals surface area contributed by atoms with Crippen molar-refractivity contribution in [3.8, 4) is 0 Å². The van der Waals surface area contributed by atoms with E-state index in [-0.39, 0.29) is 30.8 Å². The fourth-order valence-electron chi connectivity index (χ4n) is 2.31. The minimum atomic E-state index is -4.50. The van der Waals surface area contributed by atoms with Crippen LogP contribution in [0.1, 0.15) is 27.9 Å². The largest absolute Gasteiger partial charge is 0.408 e. The SMILES string of the molecule is Cl.NCc1ccc(C(=O)NC(CCc2ccccc2)C(F)(F)F)cc1. The van der Waals surface area contributed by atoms with Gasteiger partial charge in [0.2, 0.25) is 0 Å². The lowest BCUT2D eigenvalue weighted by Gasteiger charge is -2.21. The third kappa shape index (κ3) is 6.40. The fraction of sp³-hybridized carbons (Fsp3) is 0.278. The van der Waals surface area contributed by atoms with Gasteiger partial charge in [0, 0.05) is 12.1 Å². The first-order chi connectivity index (χ1) is 11.4. The van der Waals surface area contributed by atoms with Crippen LogP contribution in [0.3, 0.4) is 0 Å². The Bertz CT molecular complexity index is 660. The van der Waals surface area contributed by atoms with Gasteiger partial charge in [-0.1, -0.05) is 42.5 Å². The molecule has 0 fully saturated rings. The van der Waals surface area contributed by atoms with Crippen molar-refractivity contribution in [2.75, 3.05) is 0 Å². The van der Waals surface area contributed by atoms with Crippen LogP contribution in [0.2, 0.25) is 0 Å². The zero-order valence-corrected chi connectivity index (χ0v) is 14.2. The van der Waals surface area contributed by atoms with E-state index in [1.165, 1.54) is 12.1 Å². The third-order valence-electron chi connectivity index (χ3n) is 3.72. The standard InChI is InChI=1S/C18H19F3N2O.ClH/c19-18(20,21)16(11-8-13-4-2-1-3-5-13)23-17(24)15-9-6-14(12-22)7-10-15;/h1-7,9-10,16H,8,11-12,22H2,(H,23,24);1H. The summed E-state index contributed by atoms with van der Waals surface area (Å²) < 4.78 is 39.6. The van der Waals surface area contributed by atoms with Crippen LogP contribution in [-0.2, 0) is 13.0 Å². The van der Waals surface area contributed by atoms with Crippen LogP contribution in [0.15, 0.2) is 54.6 Å². The molecule has 1 atom stereocenters. The lowest BCUT2D eigenvalue weighted by atomic mass is 10.0. The van der Waals surface area contributed by atoms with E-state index in [4.69, 9.17) is 5.73 Å². The maximum atomic E-state index is 13.2. The molecule has 0 aliphatic rings. The summed E-state index contributed by atoms with van der Waals surface area (Å²) in [5.74, 6) is -0.742. The Labute approximate surface area is 150 Å². The molecule has 0 radical (unpaired) electrons. The molecule has 7 heteroatoms. The van der Waals surface area contributed by atoms with Gasteiger partial charge in [-0.25, -0.2) is 0 Å². The Hall–Kier alpha value is -2.05. The molecule has 2 aromatic carbocycles. The first kappa shape index (κ1) is 21.0. The summed E-state index contributed by atoms with van der Waals surface area (Å²) in [4.78, 5) is 12.1. The number of alkyl halides is 3. The van der Waals surface area contributed by atoms with Crippen molar-refractivity contribution < 1.29 is 18.0 Å². The molecule has 1 amide bonds. The second-order valence-electron chi connectivity index (χ2n) is 5.49. The van der Waals surface area contributed by atoms with Crippen molar-refractivity contribution in [2.45, 2.75) is 31.6 Å². The maximum absolute atomic E-state index is 13.2. The third-order valence-corrected chi connectivity index (χ3v) is 3.72. The van der Waals surface area contributed by atoms with Crippen molar-refractivity contribution >= 4 is 18.3 Å². The predicted molar refractivity (Wildman–Crippen MR) is 93.7 cm³/mol. The molecule has 0 bridgehead atoms. The number of carbonyl (C=O) groups excluding carboxylic acids is 1. The number of halogens is 4.